The van der Waals surface area contributed by atoms with Gasteiger partial charge < -0.3 is 9.47 Å². The number of esters is 1. The number of halogens is 1. The molecule has 0 saturated heterocycles. The molecule has 0 aliphatic carbocycles. The van der Waals surface area contributed by atoms with E-state index in [9.17, 15) is 14.0 Å². The van der Waals surface area contributed by atoms with E-state index in [0.29, 0.717) is 6.42 Å². The Morgan fingerprint density at radius 2 is 2.00 bits per heavy atom. The largest absolute Gasteiger partial charge is 0.478 e. The van der Waals surface area contributed by atoms with Crippen LogP contribution in [-0.2, 0) is 9.53 Å². The van der Waals surface area contributed by atoms with E-state index in [-0.39, 0.29) is 23.7 Å². The van der Waals surface area contributed by atoms with E-state index in [0.717, 1.165) is 12.5 Å². The Morgan fingerprint density at radius 3 is 2.55 bits per heavy atom. The van der Waals surface area contributed by atoms with Gasteiger partial charge in [-0.05, 0) is 38.5 Å². The molecule has 1 aromatic carbocycles. The fourth-order valence-corrected chi connectivity index (χ4v) is 1.76. The van der Waals surface area contributed by atoms with Crippen molar-refractivity contribution in [3.8, 4) is 5.75 Å². The second kappa shape index (κ2) is 7.62. The van der Waals surface area contributed by atoms with Crippen LogP contribution in [0.1, 0.15) is 44.0 Å². The summed E-state index contributed by atoms with van der Waals surface area (Å²) in [5, 5.41) is 0. The van der Waals surface area contributed by atoms with Gasteiger partial charge in [0.25, 0.3) is 0 Å². The number of benzene rings is 1. The van der Waals surface area contributed by atoms with Crippen molar-refractivity contribution in [2.45, 2.75) is 39.7 Å². The molecule has 5 heteroatoms. The molecule has 1 unspecified atom stereocenters. The Balaban J connectivity index is 2.98. The number of ketones is 1. The quantitative estimate of drug-likeness (QED) is 0.569. The van der Waals surface area contributed by atoms with Gasteiger partial charge in [-0.25, -0.2) is 9.18 Å². The Morgan fingerprint density at radius 1 is 1.30 bits per heavy atom. The SMILES string of the molecule is CCCC(Oc1ccc(F)cc1C(C)=O)C(=O)OCC. The van der Waals surface area contributed by atoms with Gasteiger partial charge in [0.05, 0.1) is 12.2 Å². The number of rotatable bonds is 7. The summed E-state index contributed by atoms with van der Waals surface area (Å²) in [6.07, 6.45) is 0.400. The zero-order valence-electron chi connectivity index (χ0n) is 11.9. The standard InChI is InChI=1S/C15H19FO4/c1-4-6-14(15(18)19-5-2)20-13-8-7-11(16)9-12(13)10(3)17/h7-9,14H,4-6H2,1-3H3. The highest BCUT2D eigenvalue weighted by molar-refractivity contribution is 5.96. The lowest BCUT2D eigenvalue weighted by Gasteiger charge is -2.18. The fourth-order valence-electron chi connectivity index (χ4n) is 1.76. The number of Topliss-reactive ketones (excluding diaryl/α,β-unsaturated/α-hetero) is 1. The van der Waals surface area contributed by atoms with Gasteiger partial charge in [-0.15, -0.1) is 0 Å². The number of carbonyl (C=O) groups excluding carboxylic acids is 2. The summed E-state index contributed by atoms with van der Waals surface area (Å²) in [5.41, 5.74) is 0.121. The molecule has 4 nitrogen and oxygen atoms in total. The van der Waals surface area contributed by atoms with Gasteiger partial charge in [-0.2, -0.15) is 0 Å². The zero-order valence-corrected chi connectivity index (χ0v) is 11.9. The van der Waals surface area contributed by atoms with Crippen molar-refractivity contribution in [1.82, 2.24) is 0 Å². The minimum absolute atomic E-state index is 0.121. The Kier molecular flexibility index (Phi) is 6.15. The fraction of sp³-hybridized carbons (Fsp3) is 0.467. The second-order valence-corrected chi connectivity index (χ2v) is 4.34. The second-order valence-electron chi connectivity index (χ2n) is 4.34. The van der Waals surface area contributed by atoms with E-state index in [1.54, 1.807) is 6.92 Å². The van der Waals surface area contributed by atoms with Crippen LogP contribution in [-0.4, -0.2) is 24.5 Å². The van der Waals surface area contributed by atoms with Gasteiger partial charge in [0.1, 0.15) is 11.6 Å². The number of ether oxygens (including phenoxy) is 2. The first-order valence-corrected chi connectivity index (χ1v) is 6.63. The molecule has 0 fully saturated rings. The maximum absolute atomic E-state index is 13.2. The van der Waals surface area contributed by atoms with Gasteiger partial charge in [0, 0.05) is 0 Å². The molecule has 0 aliphatic rings. The number of hydrogen-bond donors (Lipinski definition) is 0. The lowest BCUT2D eigenvalue weighted by Crippen LogP contribution is -2.29. The maximum atomic E-state index is 13.2. The summed E-state index contributed by atoms with van der Waals surface area (Å²) in [6, 6.07) is 3.65. The monoisotopic (exact) mass is 282 g/mol. The molecule has 20 heavy (non-hydrogen) atoms. The molecule has 0 spiro atoms. The van der Waals surface area contributed by atoms with Crippen LogP contribution in [0, 0.1) is 5.82 Å². The molecule has 0 bridgehead atoms. The normalized spacial score (nSPS) is 11.8. The number of carbonyl (C=O) groups is 2. The van der Waals surface area contributed by atoms with Gasteiger partial charge >= 0.3 is 5.97 Å². The first kappa shape index (κ1) is 16.1. The van der Waals surface area contributed by atoms with E-state index in [1.807, 2.05) is 6.92 Å². The van der Waals surface area contributed by atoms with E-state index in [1.165, 1.54) is 19.1 Å². The summed E-state index contributed by atoms with van der Waals surface area (Å²) in [5.74, 6) is -1.12. The molecular weight excluding hydrogens is 263 g/mol. The van der Waals surface area contributed by atoms with Crippen molar-refractivity contribution < 1.29 is 23.5 Å². The molecule has 0 saturated carbocycles. The van der Waals surface area contributed by atoms with Crippen molar-refractivity contribution in [2.75, 3.05) is 6.61 Å². The summed E-state index contributed by atoms with van der Waals surface area (Å²) < 4.78 is 23.7. The first-order valence-electron chi connectivity index (χ1n) is 6.63. The third-order valence-corrected chi connectivity index (χ3v) is 2.69. The third kappa shape index (κ3) is 4.33. The van der Waals surface area contributed by atoms with Crippen LogP contribution in [0.15, 0.2) is 18.2 Å². The molecule has 0 heterocycles. The molecule has 0 amide bonds. The van der Waals surface area contributed by atoms with Crippen LogP contribution >= 0.6 is 0 Å². The molecule has 1 rings (SSSR count). The van der Waals surface area contributed by atoms with E-state index in [4.69, 9.17) is 9.47 Å². The molecule has 0 aliphatic heterocycles. The highest BCUT2D eigenvalue weighted by Crippen LogP contribution is 2.23. The smallest absolute Gasteiger partial charge is 0.347 e. The van der Waals surface area contributed by atoms with Crippen LogP contribution in [0.4, 0.5) is 4.39 Å². The predicted octanol–water partition coefficient (Wildman–Crippen LogP) is 3.14. The van der Waals surface area contributed by atoms with Gasteiger partial charge in [-0.3, -0.25) is 4.79 Å². The Hall–Kier alpha value is -1.91. The summed E-state index contributed by atoms with van der Waals surface area (Å²) in [7, 11) is 0. The highest BCUT2D eigenvalue weighted by Gasteiger charge is 2.23. The highest BCUT2D eigenvalue weighted by atomic mass is 19.1. The first-order chi connectivity index (χ1) is 9.49. The van der Waals surface area contributed by atoms with Crippen molar-refractivity contribution in [1.29, 1.82) is 0 Å². The molecule has 1 aromatic rings. The van der Waals surface area contributed by atoms with Crippen molar-refractivity contribution in [2.24, 2.45) is 0 Å². The number of hydrogen-bond acceptors (Lipinski definition) is 4. The summed E-state index contributed by atoms with van der Waals surface area (Å²) in [4.78, 5) is 23.3. The maximum Gasteiger partial charge on any atom is 0.347 e. The Labute approximate surface area is 117 Å². The van der Waals surface area contributed by atoms with Crippen LogP contribution in [0.5, 0.6) is 5.75 Å². The van der Waals surface area contributed by atoms with Gasteiger partial charge in [0.2, 0.25) is 0 Å². The topological polar surface area (TPSA) is 52.6 Å². The molecule has 0 radical (unpaired) electrons. The van der Waals surface area contributed by atoms with Gasteiger partial charge in [-0.1, -0.05) is 13.3 Å². The minimum Gasteiger partial charge on any atom is -0.478 e. The minimum atomic E-state index is -0.788. The predicted molar refractivity (Wildman–Crippen MR) is 72.4 cm³/mol. The average molecular weight is 282 g/mol. The molecule has 1 atom stereocenters. The van der Waals surface area contributed by atoms with Crippen LogP contribution in [0.2, 0.25) is 0 Å². The molecule has 110 valence electrons. The van der Waals surface area contributed by atoms with Crippen LogP contribution in [0.3, 0.4) is 0 Å². The van der Waals surface area contributed by atoms with Crippen LogP contribution < -0.4 is 4.74 Å². The zero-order chi connectivity index (χ0) is 15.1. The van der Waals surface area contributed by atoms with Gasteiger partial charge in [0.15, 0.2) is 11.9 Å². The summed E-state index contributed by atoms with van der Waals surface area (Å²) in [6.45, 7) is 5.19. The van der Waals surface area contributed by atoms with Crippen molar-refractivity contribution in [3.05, 3.63) is 29.6 Å². The van der Waals surface area contributed by atoms with E-state index >= 15 is 0 Å². The third-order valence-electron chi connectivity index (χ3n) is 2.69. The van der Waals surface area contributed by atoms with Crippen molar-refractivity contribution in [3.63, 3.8) is 0 Å². The average Bonchev–Trinajstić information content (AvgIpc) is 2.40. The lowest BCUT2D eigenvalue weighted by molar-refractivity contribution is -0.151. The lowest BCUT2D eigenvalue weighted by atomic mass is 10.1. The Bertz CT molecular complexity index is 485. The van der Waals surface area contributed by atoms with Crippen LogP contribution in [0.25, 0.3) is 0 Å². The van der Waals surface area contributed by atoms with E-state index in [2.05, 4.69) is 0 Å². The van der Waals surface area contributed by atoms with Crippen molar-refractivity contribution >= 4 is 11.8 Å². The molecule has 0 N–H and O–H groups in total. The van der Waals surface area contributed by atoms with E-state index < -0.39 is 17.9 Å². The molecular formula is C15H19FO4. The molecule has 0 aromatic heterocycles. The summed E-state index contributed by atoms with van der Waals surface area (Å²) >= 11 is 0.